The second kappa shape index (κ2) is 6.71. The van der Waals surface area contributed by atoms with Crippen LogP contribution in [0.5, 0.6) is 0 Å². The molecule has 0 atom stereocenters. The first-order valence-corrected chi connectivity index (χ1v) is 6.24. The highest BCUT2D eigenvalue weighted by atomic mass is 16.6. The maximum atomic E-state index is 11.7. The number of nitrogens with one attached hydrogen (secondary N) is 1. The largest absolute Gasteiger partial charge is 0.272 e. The average molecular weight is 255 g/mol. The lowest BCUT2D eigenvalue weighted by Gasteiger charge is -2.06. The van der Waals surface area contributed by atoms with Gasteiger partial charge in [-0.2, -0.15) is 0 Å². The van der Waals surface area contributed by atoms with E-state index < -0.39 is 0 Å². The van der Waals surface area contributed by atoms with Crippen LogP contribution in [0.4, 0.5) is 0 Å². The van der Waals surface area contributed by atoms with Gasteiger partial charge in [0.15, 0.2) is 0 Å². The van der Waals surface area contributed by atoms with Crippen molar-refractivity contribution in [2.45, 2.75) is 20.0 Å². The third kappa shape index (κ3) is 4.56. The fourth-order valence-electron chi connectivity index (χ4n) is 1.82. The number of hydrogen-bond acceptors (Lipinski definition) is 2. The summed E-state index contributed by atoms with van der Waals surface area (Å²) in [6.07, 6.45) is 0.330. The molecule has 0 bridgehead atoms. The SMILES string of the molecule is Cc1cccc(CC(=O)NOCc2ccccc2)c1. The van der Waals surface area contributed by atoms with E-state index in [1.807, 2.05) is 61.5 Å². The lowest BCUT2D eigenvalue weighted by atomic mass is 10.1. The van der Waals surface area contributed by atoms with Gasteiger partial charge >= 0.3 is 0 Å². The summed E-state index contributed by atoms with van der Waals surface area (Å²) in [5.41, 5.74) is 5.62. The summed E-state index contributed by atoms with van der Waals surface area (Å²) in [5.74, 6) is -0.137. The van der Waals surface area contributed by atoms with Gasteiger partial charge in [-0.05, 0) is 18.1 Å². The maximum absolute atomic E-state index is 11.7. The topological polar surface area (TPSA) is 38.3 Å². The minimum absolute atomic E-state index is 0.137. The van der Waals surface area contributed by atoms with Crippen LogP contribution < -0.4 is 5.48 Å². The number of benzene rings is 2. The van der Waals surface area contributed by atoms with Gasteiger partial charge in [0.05, 0.1) is 13.0 Å². The van der Waals surface area contributed by atoms with Crippen LogP contribution in [0.15, 0.2) is 54.6 Å². The fraction of sp³-hybridized carbons (Fsp3) is 0.188. The highest BCUT2D eigenvalue weighted by Crippen LogP contribution is 2.05. The lowest BCUT2D eigenvalue weighted by Crippen LogP contribution is -2.25. The van der Waals surface area contributed by atoms with Crippen molar-refractivity contribution in [3.63, 3.8) is 0 Å². The van der Waals surface area contributed by atoms with Crippen molar-refractivity contribution in [3.8, 4) is 0 Å². The van der Waals surface area contributed by atoms with Crippen molar-refractivity contribution in [2.75, 3.05) is 0 Å². The zero-order chi connectivity index (χ0) is 13.5. The molecule has 0 saturated heterocycles. The van der Waals surface area contributed by atoms with E-state index in [9.17, 15) is 4.79 Å². The number of aryl methyl sites for hydroxylation is 1. The number of hydroxylamine groups is 1. The van der Waals surface area contributed by atoms with Gasteiger partial charge in [0, 0.05) is 0 Å². The molecule has 1 N–H and O–H groups in total. The highest BCUT2D eigenvalue weighted by molar-refractivity contribution is 5.77. The Bertz CT molecular complexity index is 537. The molecule has 0 unspecified atom stereocenters. The van der Waals surface area contributed by atoms with E-state index in [0.29, 0.717) is 13.0 Å². The Balaban J connectivity index is 1.76. The molecular formula is C16H17NO2. The summed E-state index contributed by atoms with van der Waals surface area (Å²) in [6, 6.07) is 17.6. The number of hydrogen-bond donors (Lipinski definition) is 1. The molecule has 2 rings (SSSR count). The Kier molecular flexibility index (Phi) is 4.70. The van der Waals surface area contributed by atoms with E-state index in [1.54, 1.807) is 0 Å². The first-order chi connectivity index (χ1) is 9.24. The van der Waals surface area contributed by atoms with E-state index in [4.69, 9.17) is 4.84 Å². The van der Waals surface area contributed by atoms with Crippen LogP contribution in [-0.4, -0.2) is 5.91 Å². The predicted molar refractivity (Wildman–Crippen MR) is 74.3 cm³/mol. The summed E-state index contributed by atoms with van der Waals surface area (Å²) in [6.45, 7) is 2.38. The van der Waals surface area contributed by atoms with Gasteiger partial charge in [0.25, 0.3) is 0 Å². The van der Waals surface area contributed by atoms with Crippen LogP contribution in [0, 0.1) is 6.92 Å². The molecule has 2 aromatic carbocycles. The van der Waals surface area contributed by atoms with E-state index in [0.717, 1.165) is 16.7 Å². The monoisotopic (exact) mass is 255 g/mol. The minimum atomic E-state index is -0.137. The van der Waals surface area contributed by atoms with Crippen molar-refractivity contribution in [2.24, 2.45) is 0 Å². The molecule has 0 heterocycles. The molecule has 0 radical (unpaired) electrons. The molecule has 3 nitrogen and oxygen atoms in total. The molecule has 3 heteroatoms. The molecule has 19 heavy (non-hydrogen) atoms. The number of rotatable bonds is 5. The molecule has 0 aliphatic heterocycles. The summed E-state index contributed by atoms with van der Waals surface area (Å²) < 4.78 is 0. The minimum Gasteiger partial charge on any atom is -0.272 e. The Labute approximate surface area is 113 Å². The van der Waals surface area contributed by atoms with Crippen LogP contribution in [-0.2, 0) is 22.7 Å². The number of carbonyl (C=O) groups excluding carboxylic acids is 1. The Morgan fingerprint density at radius 3 is 2.53 bits per heavy atom. The maximum Gasteiger partial charge on any atom is 0.247 e. The third-order valence-corrected chi connectivity index (χ3v) is 2.71. The quantitative estimate of drug-likeness (QED) is 0.834. The molecule has 2 aromatic rings. The number of amides is 1. The first-order valence-electron chi connectivity index (χ1n) is 6.24. The molecule has 0 spiro atoms. The van der Waals surface area contributed by atoms with E-state index in [1.165, 1.54) is 0 Å². The van der Waals surface area contributed by atoms with Crippen molar-refractivity contribution in [3.05, 3.63) is 71.3 Å². The molecule has 98 valence electrons. The van der Waals surface area contributed by atoms with Crippen molar-refractivity contribution >= 4 is 5.91 Å². The van der Waals surface area contributed by atoms with E-state index >= 15 is 0 Å². The standard InChI is InChI=1S/C16H17NO2/c1-13-6-5-9-15(10-13)11-16(18)17-19-12-14-7-3-2-4-8-14/h2-10H,11-12H2,1H3,(H,17,18). The zero-order valence-corrected chi connectivity index (χ0v) is 10.9. The number of carbonyl (C=O) groups is 1. The smallest absolute Gasteiger partial charge is 0.247 e. The van der Waals surface area contributed by atoms with Gasteiger partial charge in [-0.25, -0.2) is 5.48 Å². The highest BCUT2D eigenvalue weighted by Gasteiger charge is 2.03. The Morgan fingerprint density at radius 1 is 1.05 bits per heavy atom. The summed E-state index contributed by atoms with van der Waals surface area (Å²) in [5, 5.41) is 0. The van der Waals surface area contributed by atoms with Crippen molar-refractivity contribution in [1.29, 1.82) is 0 Å². The molecule has 0 aromatic heterocycles. The van der Waals surface area contributed by atoms with Gasteiger partial charge in [0.1, 0.15) is 0 Å². The van der Waals surface area contributed by atoms with Gasteiger partial charge in [-0.3, -0.25) is 9.63 Å². The van der Waals surface area contributed by atoms with E-state index in [2.05, 4.69) is 5.48 Å². The average Bonchev–Trinajstić information content (AvgIpc) is 2.40. The first kappa shape index (κ1) is 13.3. The molecular weight excluding hydrogens is 238 g/mol. The summed E-state index contributed by atoms with van der Waals surface area (Å²) >= 11 is 0. The van der Waals surface area contributed by atoms with E-state index in [-0.39, 0.29) is 5.91 Å². The van der Waals surface area contributed by atoms with Crippen LogP contribution in [0.3, 0.4) is 0 Å². The van der Waals surface area contributed by atoms with Gasteiger partial charge < -0.3 is 0 Å². The van der Waals surface area contributed by atoms with Crippen LogP contribution in [0.2, 0.25) is 0 Å². The normalized spacial score (nSPS) is 10.2. The van der Waals surface area contributed by atoms with Crippen LogP contribution >= 0.6 is 0 Å². The third-order valence-electron chi connectivity index (χ3n) is 2.71. The Hall–Kier alpha value is -2.13. The second-order valence-corrected chi connectivity index (χ2v) is 4.47. The molecule has 0 aliphatic carbocycles. The Morgan fingerprint density at radius 2 is 1.79 bits per heavy atom. The fourth-order valence-corrected chi connectivity index (χ4v) is 1.82. The zero-order valence-electron chi connectivity index (χ0n) is 10.9. The summed E-state index contributed by atoms with van der Waals surface area (Å²) in [7, 11) is 0. The molecule has 0 saturated carbocycles. The van der Waals surface area contributed by atoms with Crippen molar-refractivity contribution < 1.29 is 9.63 Å². The second-order valence-electron chi connectivity index (χ2n) is 4.47. The molecule has 1 amide bonds. The van der Waals surface area contributed by atoms with Crippen LogP contribution in [0.25, 0.3) is 0 Å². The predicted octanol–water partition coefficient (Wildman–Crippen LogP) is 2.79. The van der Waals surface area contributed by atoms with Crippen LogP contribution in [0.1, 0.15) is 16.7 Å². The summed E-state index contributed by atoms with van der Waals surface area (Å²) in [4.78, 5) is 16.9. The lowest BCUT2D eigenvalue weighted by molar-refractivity contribution is -0.133. The van der Waals surface area contributed by atoms with Gasteiger partial charge in [0.2, 0.25) is 5.91 Å². The molecule has 0 fully saturated rings. The van der Waals surface area contributed by atoms with Gasteiger partial charge in [-0.1, -0.05) is 60.2 Å². The molecule has 0 aliphatic rings. The van der Waals surface area contributed by atoms with Crippen molar-refractivity contribution in [1.82, 2.24) is 5.48 Å². The van der Waals surface area contributed by atoms with Gasteiger partial charge in [-0.15, -0.1) is 0 Å².